The van der Waals surface area contributed by atoms with Gasteiger partial charge in [-0.25, -0.2) is 4.98 Å². The maximum Gasteiger partial charge on any atom is 0.269 e. The van der Waals surface area contributed by atoms with Crippen LogP contribution in [0.25, 0.3) is 0 Å². The van der Waals surface area contributed by atoms with Crippen molar-refractivity contribution < 1.29 is 9.59 Å². The molecule has 126 valence electrons. The van der Waals surface area contributed by atoms with Gasteiger partial charge in [0.05, 0.1) is 0 Å². The van der Waals surface area contributed by atoms with Crippen LogP contribution in [0.3, 0.4) is 0 Å². The Morgan fingerprint density at radius 3 is 2.12 bits per heavy atom. The lowest BCUT2D eigenvalue weighted by molar-refractivity contribution is 0.0846. The third-order valence-corrected chi connectivity index (χ3v) is 3.62. The van der Waals surface area contributed by atoms with Gasteiger partial charge in [-0.05, 0) is 45.0 Å². The standard InChI is InChI=1S/C18H22N4O2/c1-4-22(5-2)16-12-15(11-13(3)19-16)18(24)21-20-17(23)14-9-7-6-8-10-14/h6-12H,4-5H2,1-3H3,(H,20,23)(H,21,24). The maximum absolute atomic E-state index is 12.3. The van der Waals surface area contributed by atoms with Gasteiger partial charge < -0.3 is 4.90 Å². The second kappa shape index (κ2) is 8.10. The number of rotatable bonds is 5. The van der Waals surface area contributed by atoms with Crippen LogP contribution in [0.1, 0.15) is 40.3 Å². The Balaban J connectivity index is 2.08. The predicted octanol–water partition coefficient (Wildman–Crippen LogP) is 2.31. The smallest absolute Gasteiger partial charge is 0.269 e. The number of amides is 2. The molecule has 24 heavy (non-hydrogen) atoms. The molecule has 0 atom stereocenters. The van der Waals surface area contributed by atoms with Crippen molar-refractivity contribution >= 4 is 17.6 Å². The first-order valence-corrected chi connectivity index (χ1v) is 7.94. The van der Waals surface area contributed by atoms with E-state index in [0.29, 0.717) is 11.1 Å². The zero-order valence-corrected chi connectivity index (χ0v) is 14.2. The van der Waals surface area contributed by atoms with Crippen LogP contribution in [0.15, 0.2) is 42.5 Å². The molecule has 2 aromatic rings. The van der Waals surface area contributed by atoms with Gasteiger partial charge in [0, 0.05) is 29.9 Å². The summed E-state index contributed by atoms with van der Waals surface area (Å²) in [5.74, 6) is 0.0106. The Hall–Kier alpha value is -2.89. The van der Waals surface area contributed by atoms with E-state index in [1.165, 1.54) is 0 Å². The maximum atomic E-state index is 12.3. The van der Waals surface area contributed by atoms with Gasteiger partial charge in [0.25, 0.3) is 11.8 Å². The highest BCUT2D eigenvalue weighted by Gasteiger charge is 2.13. The zero-order chi connectivity index (χ0) is 17.5. The van der Waals surface area contributed by atoms with Crippen molar-refractivity contribution in [1.29, 1.82) is 0 Å². The van der Waals surface area contributed by atoms with Crippen LogP contribution in [-0.4, -0.2) is 29.9 Å². The number of hydrogen-bond donors (Lipinski definition) is 2. The summed E-state index contributed by atoms with van der Waals surface area (Å²) in [7, 11) is 0. The molecule has 0 saturated heterocycles. The highest BCUT2D eigenvalue weighted by atomic mass is 16.2. The highest BCUT2D eigenvalue weighted by molar-refractivity contribution is 5.99. The molecule has 0 aliphatic heterocycles. The van der Waals surface area contributed by atoms with Crippen LogP contribution < -0.4 is 15.8 Å². The van der Waals surface area contributed by atoms with Crippen LogP contribution in [0.5, 0.6) is 0 Å². The van der Waals surface area contributed by atoms with Crippen LogP contribution >= 0.6 is 0 Å². The summed E-state index contributed by atoms with van der Waals surface area (Å²) in [6.07, 6.45) is 0. The lowest BCUT2D eigenvalue weighted by atomic mass is 10.2. The van der Waals surface area contributed by atoms with Gasteiger partial charge >= 0.3 is 0 Å². The summed E-state index contributed by atoms with van der Waals surface area (Å²) in [6.45, 7) is 7.52. The molecule has 0 aliphatic carbocycles. The van der Waals surface area contributed by atoms with Gasteiger partial charge in [0.2, 0.25) is 0 Å². The fraction of sp³-hybridized carbons (Fsp3) is 0.278. The first-order chi connectivity index (χ1) is 11.5. The molecule has 0 radical (unpaired) electrons. The Labute approximate surface area is 141 Å². The molecule has 2 amide bonds. The first-order valence-electron chi connectivity index (χ1n) is 7.94. The third kappa shape index (κ3) is 4.32. The molecule has 0 bridgehead atoms. The molecular formula is C18H22N4O2. The molecule has 0 fully saturated rings. The number of hydrogen-bond acceptors (Lipinski definition) is 4. The second-order valence-electron chi connectivity index (χ2n) is 5.30. The summed E-state index contributed by atoms with van der Waals surface area (Å²) in [5.41, 5.74) is 6.55. The summed E-state index contributed by atoms with van der Waals surface area (Å²) >= 11 is 0. The molecule has 6 heteroatoms. The van der Waals surface area contributed by atoms with Gasteiger partial charge in [-0.1, -0.05) is 18.2 Å². The van der Waals surface area contributed by atoms with Crippen LogP contribution in [0, 0.1) is 6.92 Å². The van der Waals surface area contributed by atoms with Crippen molar-refractivity contribution in [2.24, 2.45) is 0 Å². The number of aromatic nitrogens is 1. The summed E-state index contributed by atoms with van der Waals surface area (Å²) in [6, 6.07) is 12.1. The highest BCUT2D eigenvalue weighted by Crippen LogP contribution is 2.14. The molecular weight excluding hydrogens is 304 g/mol. The van der Waals surface area contributed by atoms with E-state index < -0.39 is 0 Å². The van der Waals surface area contributed by atoms with E-state index in [1.54, 1.807) is 36.4 Å². The molecule has 2 N–H and O–H groups in total. The number of pyridine rings is 1. The number of benzene rings is 1. The number of anilines is 1. The van der Waals surface area contributed by atoms with Crippen LogP contribution in [0.4, 0.5) is 5.82 Å². The van der Waals surface area contributed by atoms with Crippen LogP contribution in [0.2, 0.25) is 0 Å². The molecule has 0 saturated carbocycles. The van der Waals surface area contributed by atoms with Crippen molar-refractivity contribution in [2.45, 2.75) is 20.8 Å². The van der Waals surface area contributed by atoms with Gasteiger partial charge in [-0.3, -0.25) is 20.4 Å². The molecule has 0 spiro atoms. The Bertz CT molecular complexity index is 712. The number of hydrazine groups is 1. The molecule has 2 rings (SSSR count). The second-order valence-corrected chi connectivity index (χ2v) is 5.30. The molecule has 1 aromatic heterocycles. The zero-order valence-electron chi connectivity index (χ0n) is 14.2. The molecule has 1 heterocycles. The van der Waals surface area contributed by atoms with E-state index in [-0.39, 0.29) is 11.8 Å². The minimum absolute atomic E-state index is 0.362. The average Bonchev–Trinajstić information content (AvgIpc) is 2.60. The lowest BCUT2D eigenvalue weighted by Gasteiger charge is -2.20. The molecule has 0 unspecified atom stereocenters. The topological polar surface area (TPSA) is 74.3 Å². The van der Waals surface area contributed by atoms with Crippen molar-refractivity contribution in [2.75, 3.05) is 18.0 Å². The lowest BCUT2D eigenvalue weighted by Crippen LogP contribution is -2.41. The van der Waals surface area contributed by atoms with Gasteiger partial charge in [0.15, 0.2) is 0 Å². The first kappa shape index (κ1) is 17.5. The van der Waals surface area contributed by atoms with Crippen molar-refractivity contribution in [3.05, 3.63) is 59.3 Å². The summed E-state index contributed by atoms with van der Waals surface area (Å²) in [5, 5.41) is 0. The van der Waals surface area contributed by atoms with E-state index >= 15 is 0 Å². The predicted molar refractivity (Wildman–Crippen MR) is 93.9 cm³/mol. The Morgan fingerprint density at radius 1 is 0.958 bits per heavy atom. The fourth-order valence-electron chi connectivity index (χ4n) is 2.34. The van der Waals surface area contributed by atoms with Crippen molar-refractivity contribution in [3.8, 4) is 0 Å². The van der Waals surface area contributed by atoms with E-state index in [9.17, 15) is 9.59 Å². The largest absolute Gasteiger partial charge is 0.357 e. The quantitative estimate of drug-likeness (QED) is 0.827. The summed E-state index contributed by atoms with van der Waals surface area (Å²) < 4.78 is 0. The molecule has 1 aromatic carbocycles. The molecule has 6 nitrogen and oxygen atoms in total. The molecule has 0 aliphatic rings. The number of carbonyl (C=O) groups excluding carboxylic acids is 2. The number of nitrogens with one attached hydrogen (secondary N) is 2. The third-order valence-electron chi connectivity index (χ3n) is 3.62. The number of nitrogens with zero attached hydrogens (tertiary/aromatic N) is 2. The average molecular weight is 326 g/mol. The van der Waals surface area contributed by atoms with E-state index in [2.05, 4.69) is 20.7 Å². The SMILES string of the molecule is CCN(CC)c1cc(C(=O)NNC(=O)c2ccccc2)cc(C)n1. The minimum Gasteiger partial charge on any atom is -0.357 e. The van der Waals surface area contributed by atoms with Crippen LogP contribution in [-0.2, 0) is 0 Å². The van der Waals surface area contributed by atoms with E-state index in [4.69, 9.17) is 0 Å². The van der Waals surface area contributed by atoms with Crippen molar-refractivity contribution in [3.63, 3.8) is 0 Å². The Kier molecular flexibility index (Phi) is 5.89. The number of carbonyl (C=O) groups is 2. The normalized spacial score (nSPS) is 10.1. The van der Waals surface area contributed by atoms with Crippen molar-refractivity contribution in [1.82, 2.24) is 15.8 Å². The van der Waals surface area contributed by atoms with Gasteiger partial charge in [-0.15, -0.1) is 0 Å². The monoisotopic (exact) mass is 326 g/mol. The van der Waals surface area contributed by atoms with E-state index in [1.807, 2.05) is 26.8 Å². The number of aryl methyl sites for hydroxylation is 1. The fourth-order valence-corrected chi connectivity index (χ4v) is 2.34. The van der Waals surface area contributed by atoms with E-state index in [0.717, 1.165) is 24.6 Å². The minimum atomic E-state index is -0.377. The Morgan fingerprint density at radius 2 is 1.54 bits per heavy atom. The van der Waals surface area contributed by atoms with Gasteiger partial charge in [0.1, 0.15) is 5.82 Å². The summed E-state index contributed by atoms with van der Waals surface area (Å²) in [4.78, 5) is 30.8. The van der Waals surface area contributed by atoms with Gasteiger partial charge in [-0.2, -0.15) is 0 Å².